The van der Waals surface area contributed by atoms with Gasteiger partial charge in [-0.05, 0) is 49.7 Å². The lowest BCUT2D eigenvalue weighted by Crippen LogP contribution is -2.30. The van der Waals surface area contributed by atoms with Crippen molar-refractivity contribution < 1.29 is 19.2 Å². The van der Waals surface area contributed by atoms with Crippen molar-refractivity contribution in [3.05, 3.63) is 58.1 Å². The Morgan fingerprint density at radius 1 is 1.17 bits per heavy atom. The van der Waals surface area contributed by atoms with Crippen LogP contribution in [0.1, 0.15) is 12.5 Å². The SMILES string of the molecule is COc1ccc(OC(C)C(=O)Nc2ccc([N+](=O)[O-])cc2C)cc1. The molecule has 126 valence electrons. The highest BCUT2D eigenvalue weighted by Gasteiger charge is 2.17. The predicted molar refractivity (Wildman–Crippen MR) is 89.5 cm³/mol. The summed E-state index contributed by atoms with van der Waals surface area (Å²) in [5.74, 6) is 0.891. The van der Waals surface area contributed by atoms with E-state index in [0.717, 1.165) is 0 Å². The summed E-state index contributed by atoms with van der Waals surface area (Å²) in [6.45, 7) is 3.32. The van der Waals surface area contributed by atoms with Gasteiger partial charge in [0, 0.05) is 17.8 Å². The number of non-ortho nitro benzene ring substituents is 1. The largest absolute Gasteiger partial charge is 0.497 e. The Balaban J connectivity index is 2.01. The van der Waals surface area contributed by atoms with E-state index in [9.17, 15) is 14.9 Å². The van der Waals surface area contributed by atoms with Crippen LogP contribution in [0.4, 0.5) is 11.4 Å². The highest BCUT2D eigenvalue weighted by Crippen LogP contribution is 2.22. The molecule has 0 aromatic heterocycles. The number of ether oxygens (including phenoxy) is 2. The molecular weight excluding hydrogens is 312 g/mol. The summed E-state index contributed by atoms with van der Waals surface area (Å²) >= 11 is 0. The zero-order chi connectivity index (χ0) is 17.7. The van der Waals surface area contributed by atoms with Crippen LogP contribution in [-0.2, 0) is 4.79 Å². The molecule has 1 unspecified atom stereocenters. The van der Waals surface area contributed by atoms with Crippen LogP contribution in [0.2, 0.25) is 0 Å². The maximum Gasteiger partial charge on any atom is 0.269 e. The Bertz CT molecular complexity index is 743. The summed E-state index contributed by atoms with van der Waals surface area (Å²) in [6.07, 6.45) is -0.729. The number of anilines is 1. The number of aryl methyl sites for hydroxylation is 1. The Hall–Kier alpha value is -3.09. The van der Waals surface area contributed by atoms with Crippen LogP contribution in [0.15, 0.2) is 42.5 Å². The zero-order valence-corrected chi connectivity index (χ0v) is 13.6. The molecule has 24 heavy (non-hydrogen) atoms. The van der Waals surface area contributed by atoms with Gasteiger partial charge in [0.05, 0.1) is 12.0 Å². The average molecular weight is 330 g/mol. The van der Waals surface area contributed by atoms with Gasteiger partial charge in [-0.1, -0.05) is 0 Å². The molecular formula is C17H18N2O5. The van der Waals surface area contributed by atoms with E-state index in [1.807, 2.05) is 0 Å². The van der Waals surface area contributed by atoms with E-state index in [-0.39, 0.29) is 11.6 Å². The first kappa shape index (κ1) is 17.3. The second kappa shape index (κ2) is 7.45. The van der Waals surface area contributed by atoms with E-state index in [2.05, 4.69) is 5.32 Å². The fraction of sp³-hybridized carbons (Fsp3) is 0.235. The number of hydrogen-bond acceptors (Lipinski definition) is 5. The molecule has 0 heterocycles. The molecule has 0 radical (unpaired) electrons. The number of amides is 1. The van der Waals surface area contributed by atoms with Crippen molar-refractivity contribution in [1.29, 1.82) is 0 Å². The van der Waals surface area contributed by atoms with Gasteiger partial charge >= 0.3 is 0 Å². The van der Waals surface area contributed by atoms with Crippen LogP contribution in [-0.4, -0.2) is 24.0 Å². The summed E-state index contributed by atoms with van der Waals surface area (Å²) < 4.78 is 10.6. The first-order chi connectivity index (χ1) is 11.4. The summed E-state index contributed by atoms with van der Waals surface area (Å²) in [5, 5.41) is 13.4. The Morgan fingerprint density at radius 2 is 1.79 bits per heavy atom. The number of hydrogen-bond donors (Lipinski definition) is 1. The molecule has 0 saturated heterocycles. The van der Waals surface area contributed by atoms with E-state index in [1.54, 1.807) is 45.2 Å². The molecule has 1 N–H and O–H groups in total. The topological polar surface area (TPSA) is 90.7 Å². The minimum absolute atomic E-state index is 0.0203. The molecule has 7 heteroatoms. The van der Waals surface area contributed by atoms with Gasteiger partial charge in [-0.25, -0.2) is 0 Å². The summed E-state index contributed by atoms with van der Waals surface area (Å²) in [6, 6.07) is 11.1. The fourth-order valence-corrected chi connectivity index (χ4v) is 2.05. The normalized spacial score (nSPS) is 11.5. The molecule has 0 saturated carbocycles. The zero-order valence-electron chi connectivity index (χ0n) is 13.6. The van der Waals surface area contributed by atoms with Crippen molar-refractivity contribution in [3.63, 3.8) is 0 Å². The lowest BCUT2D eigenvalue weighted by molar-refractivity contribution is -0.384. The molecule has 0 fully saturated rings. The molecule has 0 spiro atoms. The Kier molecular flexibility index (Phi) is 5.36. The van der Waals surface area contributed by atoms with Crippen LogP contribution in [0.3, 0.4) is 0 Å². The number of carbonyl (C=O) groups is 1. The van der Waals surface area contributed by atoms with Crippen LogP contribution in [0.25, 0.3) is 0 Å². The molecule has 0 aliphatic rings. The molecule has 0 bridgehead atoms. The lowest BCUT2D eigenvalue weighted by Gasteiger charge is -2.16. The maximum absolute atomic E-state index is 12.2. The Morgan fingerprint density at radius 3 is 2.33 bits per heavy atom. The molecule has 1 atom stereocenters. The Labute approximate surface area is 139 Å². The molecule has 0 aliphatic carbocycles. The minimum atomic E-state index is -0.729. The third kappa shape index (κ3) is 4.22. The van der Waals surface area contributed by atoms with Gasteiger partial charge in [0.25, 0.3) is 11.6 Å². The standard InChI is InChI=1S/C17H18N2O5/c1-11-10-13(19(21)22)4-9-16(11)18-17(20)12(2)24-15-7-5-14(23-3)6-8-15/h4-10,12H,1-3H3,(H,18,20). The van der Waals surface area contributed by atoms with Crippen LogP contribution >= 0.6 is 0 Å². The van der Waals surface area contributed by atoms with Gasteiger partial charge < -0.3 is 14.8 Å². The van der Waals surface area contributed by atoms with Crippen molar-refractivity contribution >= 4 is 17.3 Å². The number of nitrogens with one attached hydrogen (secondary N) is 1. The molecule has 2 rings (SSSR count). The van der Waals surface area contributed by atoms with Crippen LogP contribution in [0.5, 0.6) is 11.5 Å². The number of nitrogens with zero attached hydrogens (tertiary/aromatic N) is 1. The van der Waals surface area contributed by atoms with Gasteiger partial charge in [0.2, 0.25) is 0 Å². The maximum atomic E-state index is 12.2. The molecule has 2 aromatic carbocycles. The molecule has 2 aromatic rings. The quantitative estimate of drug-likeness (QED) is 0.648. The van der Waals surface area contributed by atoms with Crippen molar-refractivity contribution in [3.8, 4) is 11.5 Å². The smallest absolute Gasteiger partial charge is 0.269 e. The summed E-state index contributed by atoms with van der Waals surface area (Å²) in [4.78, 5) is 22.5. The van der Waals surface area contributed by atoms with E-state index in [4.69, 9.17) is 9.47 Å². The summed E-state index contributed by atoms with van der Waals surface area (Å²) in [5.41, 5.74) is 1.10. The van der Waals surface area contributed by atoms with Gasteiger partial charge in [-0.2, -0.15) is 0 Å². The lowest BCUT2D eigenvalue weighted by atomic mass is 10.1. The molecule has 0 aliphatic heterocycles. The third-order valence-corrected chi connectivity index (χ3v) is 3.42. The second-order valence-corrected chi connectivity index (χ2v) is 5.18. The van der Waals surface area contributed by atoms with Gasteiger partial charge in [0.1, 0.15) is 11.5 Å². The number of methoxy groups -OCH3 is 1. The van der Waals surface area contributed by atoms with Crippen molar-refractivity contribution in [1.82, 2.24) is 0 Å². The van der Waals surface area contributed by atoms with Gasteiger partial charge in [0.15, 0.2) is 6.10 Å². The van der Waals surface area contributed by atoms with Crippen molar-refractivity contribution in [2.24, 2.45) is 0 Å². The monoisotopic (exact) mass is 330 g/mol. The van der Waals surface area contributed by atoms with Gasteiger partial charge in [-0.3, -0.25) is 14.9 Å². The fourth-order valence-electron chi connectivity index (χ4n) is 2.05. The highest BCUT2D eigenvalue weighted by atomic mass is 16.6. The van der Waals surface area contributed by atoms with Gasteiger partial charge in [-0.15, -0.1) is 0 Å². The number of rotatable bonds is 6. The first-order valence-electron chi connectivity index (χ1n) is 7.27. The predicted octanol–water partition coefficient (Wildman–Crippen LogP) is 3.32. The number of carbonyl (C=O) groups excluding carboxylic acids is 1. The van der Waals surface area contributed by atoms with Crippen LogP contribution in [0, 0.1) is 17.0 Å². The number of nitro benzene ring substituents is 1. The second-order valence-electron chi connectivity index (χ2n) is 5.18. The first-order valence-corrected chi connectivity index (χ1v) is 7.27. The third-order valence-electron chi connectivity index (χ3n) is 3.42. The molecule has 7 nitrogen and oxygen atoms in total. The van der Waals surface area contributed by atoms with Crippen molar-refractivity contribution in [2.45, 2.75) is 20.0 Å². The van der Waals surface area contributed by atoms with E-state index < -0.39 is 11.0 Å². The van der Waals surface area contributed by atoms with Crippen molar-refractivity contribution in [2.75, 3.05) is 12.4 Å². The minimum Gasteiger partial charge on any atom is -0.497 e. The van der Waals surface area contributed by atoms with E-state index >= 15 is 0 Å². The average Bonchev–Trinajstić information content (AvgIpc) is 2.57. The number of nitro groups is 1. The number of benzene rings is 2. The molecule has 1 amide bonds. The van der Waals surface area contributed by atoms with E-state index in [0.29, 0.717) is 22.7 Å². The van der Waals surface area contributed by atoms with E-state index in [1.165, 1.54) is 18.2 Å². The summed E-state index contributed by atoms with van der Waals surface area (Å²) in [7, 11) is 1.57. The highest BCUT2D eigenvalue weighted by molar-refractivity contribution is 5.94. The van der Waals surface area contributed by atoms with Crippen LogP contribution < -0.4 is 14.8 Å².